The number of aryl methyl sites for hydroxylation is 2. The molecule has 1 aliphatic heterocycles. The first-order chi connectivity index (χ1) is 7.39. The van der Waals surface area contributed by atoms with Crippen molar-refractivity contribution in [3.63, 3.8) is 0 Å². The Morgan fingerprint density at radius 1 is 1.44 bits per heavy atom. The van der Waals surface area contributed by atoms with E-state index in [1.807, 2.05) is 0 Å². The summed E-state index contributed by atoms with van der Waals surface area (Å²) in [6.07, 6.45) is 0.435. The van der Waals surface area contributed by atoms with E-state index in [1.165, 1.54) is 0 Å². The molecule has 2 rings (SSSR count). The number of sulfone groups is 1. The van der Waals surface area contributed by atoms with E-state index in [0.29, 0.717) is 23.5 Å². The molecular weight excluding hydrogens is 228 g/mol. The van der Waals surface area contributed by atoms with Crippen molar-refractivity contribution in [1.82, 2.24) is 0 Å². The molecule has 0 N–H and O–H groups in total. The van der Waals surface area contributed by atoms with E-state index in [0.717, 1.165) is 0 Å². The summed E-state index contributed by atoms with van der Waals surface area (Å²) in [7, 11) is -3.01. The Bertz CT molecular complexity index is 524. The van der Waals surface area contributed by atoms with Crippen LogP contribution >= 0.6 is 0 Å². The maximum atomic E-state index is 12.0. The first kappa shape index (κ1) is 11.4. The fourth-order valence-corrected chi connectivity index (χ4v) is 3.84. The Morgan fingerprint density at radius 3 is 2.56 bits per heavy atom. The van der Waals surface area contributed by atoms with Crippen molar-refractivity contribution in [1.29, 1.82) is 0 Å². The summed E-state index contributed by atoms with van der Waals surface area (Å²) < 4.78 is 27.9. The second kappa shape index (κ2) is 3.73. The molecule has 16 heavy (non-hydrogen) atoms. The van der Waals surface area contributed by atoms with E-state index >= 15 is 0 Å². The lowest BCUT2D eigenvalue weighted by molar-refractivity contribution is 0.0932. The molecule has 0 amide bonds. The molecule has 2 heterocycles. The number of hydrogen-bond donors (Lipinski definition) is 0. The number of furan rings is 1. The van der Waals surface area contributed by atoms with Gasteiger partial charge in [0.05, 0.1) is 17.1 Å². The minimum absolute atomic E-state index is 0.0184. The molecule has 1 aliphatic rings. The molecule has 0 aliphatic carbocycles. The summed E-state index contributed by atoms with van der Waals surface area (Å²) in [5.74, 6) is 0.874. The smallest absolute Gasteiger partial charge is 0.170 e. The Balaban J connectivity index is 2.24. The third kappa shape index (κ3) is 2.04. The molecule has 0 bridgehead atoms. The van der Waals surface area contributed by atoms with Gasteiger partial charge in [0.2, 0.25) is 0 Å². The van der Waals surface area contributed by atoms with Crippen LogP contribution in [0, 0.1) is 19.8 Å². The normalized spacial score (nSPS) is 23.5. The number of ketones is 1. The van der Waals surface area contributed by atoms with Crippen LogP contribution < -0.4 is 0 Å². The predicted octanol–water partition coefficient (Wildman–Crippen LogP) is 1.51. The van der Waals surface area contributed by atoms with E-state index in [1.54, 1.807) is 19.9 Å². The van der Waals surface area contributed by atoms with Crippen LogP contribution in [0.25, 0.3) is 0 Å². The van der Waals surface area contributed by atoms with Crippen LogP contribution in [-0.4, -0.2) is 25.7 Å². The average molecular weight is 242 g/mol. The van der Waals surface area contributed by atoms with Gasteiger partial charge in [-0.15, -0.1) is 0 Å². The second-order valence-electron chi connectivity index (χ2n) is 4.29. The molecule has 0 spiro atoms. The molecule has 4 nitrogen and oxygen atoms in total. The van der Waals surface area contributed by atoms with Gasteiger partial charge in [-0.05, 0) is 26.3 Å². The van der Waals surface area contributed by atoms with Crippen LogP contribution in [-0.2, 0) is 9.84 Å². The van der Waals surface area contributed by atoms with Gasteiger partial charge in [-0.3, -0.25) is 4.79 Å². The number of Topliss-reactive ketones (excluding diaryl/α,β-unsaturated/α-hetero) is 1. The maximum absolute atomic E-state index is 12.0. The van der Waals surface area contributed by atoms with Crippen molar-refractivity contribution >= 4 is 15.6 Å². The van der Waals surface area contributed by atoms with E-state index in [2.05, 4.69) is 0 Å². The number of rotatable bonds is 2. The first-order valence-corrected chi connectivity index (χ1v) is 7.03. The molecule has 0 radical (unpaired) electrons. The van der Waals surface area contributed by atoms with Crippen LogP contribution in [0.5, 0.6) is 0 Å². The molecule has 1 atom stereocenters. The van der Waals surface area contributed by atoms with Crippen molar-refractivity contribution in [3.8, 4) is 0 Å². The standard InChI is InChI=1S/C11H14O4S/c1-7-5-10(8(2)15-7)11(12)9-3-4-16(13,14)6-9/h5,9H,3-4,6H2,1-2H3. The van der Waals surface area contributed by atoms with Crippen molar-refractivity contribution in [2.75, 3.05) is 11.5 Å². The van der Waals surface area contributed by atoms with Gasteiger partial charge in [0.1, 0.15) is 11.5 Å². The van der Waals surface area contributed by atoms with Crippen LogP contribution in [0.4, 0.5) is 0 Å². The zero-order valence-corrected chi connectivity index (χ0v) is 10.1. The largest absolute Gasteiger partial charge is 0.466 e. The van der Waals surface area contributed by atoms with Crippen molar-refractivity contribution in [2.45, 2.75) is 20.3 Å². The highest BCUT2D eigenvalue weighted by Crippen LogP contribution is 2.25. The number of carbonyl (C=O) groups excluding carboxylic acids is 1. The van der Waals surface area contributed by atoms with Crippen LogP contribution in [0.3, 0.4) is 0 Å². The summed E-state index contributed by atoms with van der Waals surface area (Å²) in [6, 6.07) is 1.68. The third-order valence-electron chi connectivity index (χ3n) is 2.91. The fraction of sp³-hybridized carbons (Fsp3) is 0.545. The van der Waals surface area contributed by atoms with Gasteiger partial charge in [0, 0.05) is 5.92 Å². The average Bonchev–Trinajstić information content (AvgIpc) is 2.68. The SMILES string of the molecule is Cc1cc(C(=O)C2CCS(=O)(=O)C2)c(C)o1. The molecule has 0 aromatic carbocycles. The second-order valence-corrected chi connectivity index (χ2v) is 6.52. The van der Waals surface area contributed by atoms with Gasteiger partial charge in [-0.25, -0.2) is 8.42 Å². The summed E-state index contributed by atoms with van der Waals surface area (Å²) in [5, 5.41) is 0. The van der Waals surface area contributed by atoms with E-state index < -0.39 is 9.84 Å². The topological polar surface area (TPSA) is 64.3 Å². The summed E-state index contributed by atoms with van der Waals surface area (Å²) >= 11 is 0. The number of hydrogen-bond acceptors (Lipinski definition) is 4. The summed E-state index contributed by atoms with van der Waals surface area (Å²) in [5.41, 5.74) is 0.527. The Kier molecular flexibility index (Phi) is 2.66. The predicted molar refractivity (Wildman–Crippen MR) is 59.3 cm³/mol. The fourth-order valence-electron chi connectivity index (χ4n) is 2.10. The summed E-state index contributed by atoms with van der Waals surface area (Å²) in [6.45, 7) is 3.50. The van der Waals surface area contributed by atoms with Gasteiger partial charge in [0.15, 0.2) is 15.6 Å². The quantitative estimate of drug-likeness (QED) is 0.737. The molecule has 1 saturated heterocycles. The van der Waals surface area contributed by atoms with Crippen molar-refractivity contribution in [3.05, 3.63) is 23.2 Å². The Hall–Kier alpha value is -1.10. The van der Waals surface area contributed by atoms with Gasteiger partial charge < -0.3 is 4.42 Å². The van der Waals surface area contributed by atoms with E-state index in [-0.39, 0.29) is 23.2 Å². The highest BCUT2D eigenvalue weighted by Gasteiger charge is 2.34. The van der Waals surface area contributed by atoms with Crippen LogP contribution in [0.15, 0.2) is 10.5 Å². The molecule has 5 heteroatoms. The van der Waals surface area contributed by atoms with Crippen molar-refractivity contribution < 1.29 is 17.6 Å². The zero-order valence-electron chi connectivity index (χ0n) is 9.32. The molecule has 1 unspecified atom stereocenters. The molecular formula is C11H14O4S. The zero-order chi connectivity index (χ0) is 11.9. The molecule has 1 aromatic heterocycles. The lowest BCUT2D eigenvalue weighted by Crippen LogP contribution is -2.16. The van der Waals surface area contributed by atoms with Crippen LogP contribution in [0.2, 0.25) is 0 Å². The highest BCUT2D eigenvalue weighted by molar-refractivity contribution is 7.91. The highest BCUT2D eigenvalue weighted by atomic mass is 32.2. The van der Waals surface area contributed by atoms with Gasteiger partial charge in [-0.1, -0.05) is 0 Å². The first-order valence-electron chi connectivity index (χ1n) is 5.21. The van der Waals surface area contributed by atoms with E-state index in [4.69, 9.17) is 4.42 Å². The molecule has 88 valence electrons. The lowest BCUT2D eigenvalue weighted by Gasteiger charge is -2.04. The minimum Gasteiger partial charge on any atom is -0.466 e. The Morgan fingerprint density at radius 2 is 2.12 bits per heavy atom. The van der Waals surface area contributed by atoms with Gasteiger partial charge in [-0.2, -0.15) is 0 Å². The minimum atomic E-state index is -3.01. The van der Waals surface area contributed by atoms with E-state index in [9.17, 15) is 13.2 Å². The monoisotopic (exact) mass is 242 g/mol. The Labute approximate surface area is 94.6 Å². The number of carbonyl (C=O) groups is 1. The third-order valence-corrected chi connectivity index (χ3v) is 4.68. The van der Waals surface area contributed by atoms with Crippen LogP contribution in [0.1, 0.15) is 28.3 Å². The molecule has 1 aromatic rings. The van der Waals surface area contributed by atoms with Gasteiger partial charge in [0.25, 0.3) is 0 Å². The van der Waals surface area contributed by atoms with Crippen molar-refractivity contribution in [2.24, 2.45) is 5.92 Å². The summed E-state index contributed by atoms with van der Waals surface area (Å²) in [4.78, 5) is 12.0. The maximum Gasteiger partial charge on any atom is 0.170 e. The molecule has 0 saturated carbocycles. The molecule has 1 fully saturated rings. The lowest BCUT2D eigenvalue weighted by atomic mass is 9.97. The van der Waals surface area contributed by atoms with Gasteiger partial charge >= 0.3 is 0 Å².